The molecule has 1 aromatic heterocycles. The van der Waals surface area contributed by atoms with Crippen LogP contribution in [0, 0.1) is 0 Å². The van der Waals surface area contributed by atoms with Crippen molar-refractivity contribution in [3.63, 3.8) is 0 Å². The highest BCUT2D eigenvalue weighted by molar-refractivity contribution is 9.10. The van der Waals surface area contributed by atoms with Gasteiger partial charge in [-0.15, -0.1) is 11.3 Å². The molecule has 4 rings (SSSR count). The predicted octanol–water partition coefficient (Wildman–Crippen LogP) is 8.39. The molecule has 0 radical (unpaired) electrons. The number of halogens is 1. The zero-order valence-corrected chi connectivity index (χ0v) is 25.3. The summed E-state index contributed by atoms with van der Waals surface area (Å²) in [4.78, 5) is 7.71. The van der Waals surface area contributed by atoms with Crippen LogP contribution < -0.4 is 4.90 Å². The summed E-state index contributed by atoms with van der Waals surface area (Å²) in [6, 6.07) is 12.4. The van der Waals surface area contributed by atoms with Crippen LogP contribution in [0.3, 0.4) is 0 Å². The minimum absolute atomic E-state index is 0.151. The molecule has 0 saturated carbocycles. The van der Waals surface area contributed by atoms with E-state index in [0.29, 0.717) is 36.7 Å². The van der Waals surface area contributed by atoms with Gasteiger partial charge in [0.1, 0.15) is 0 Å². The smallest absolute Gasteiger partial charge is 0.185 e. The van der Waals surface area contributed by atoms with E-state index in [1.165, 1.54) is 5.56 Å². The molecule has 0 N–H and O–H groups in total. The first-order valence-electron chi connectivity index (χ1n) is 12.9. The molecule has 1 fully saturated rings. The third-order valence-corrected chi connectivity index (χ3v) is 10.9. The van der Waals surface area contributed by atoms with Crippen LogP contribution in [0.4, 0.5) is 5.13 Å². The molecule has 0 amide bonds. The highest BCUT2D eigenvalue weighted by Crippen LogP contribution is 2.39. The molecule has 2 heterocycles. The summed E-state index contributed by atoms with van der Waals surface area (Å²) >= 11 is 5.16. The minimum Gasteiger partial charge on any atom is -0.348 e. The number of aromatic nitrogens is 1. The Labute approximate surface area is 229 Å². The highest BCUT2D eigenvalue weighted by atomic mass is 79.9. The number of hydrogen-bond acceptors (Lipinski definition) is 5. The van der Waals surface area contributed by atoms with Crippen LogP contribution in [-0.2, 0) is 9.84 Å². The number of hydrogen-bond donors (Lipinski definition) is 0. The Bertz CT molecular complexity index is 1290. The van der Waals surface area contributed by atoms with E-state index in [0.717, 1.165) is 32.0 Å². The number of nitrogens with zero attached hydrogens (tertiary/aromatic N) is 2. The Hall–Kier alpha value is -1.70. The number of sulfone groups is 1. The van der Waals surface area contributed by atoms with Gasteiger partial charge in [-0.05, 0) is 59.4 Å². The van der Waals surface area contributed by atoms with E-state index in [4.69, 9.17) is 4.98 Å². The highest BCUT2D eigenvalue weighted by Gasteiger charge is 2.36. The summed E-state index contributed by atoms with van der Waals surface area (Å²) in [6.45, 7) is 14.2. The number of benzene rings is 2. The van der Waals surface area contributed by atoms with E-state index in [-0.39, 0.29) is 17.1 Å². The molecular formula is C29H37BrN2O2S2. The maximum Gasteiger partial charge on any atom is 0.185 e. The predicted molar refractivity (Wildman–Crippen MR) is 156 cm³/mol. The Balaban J connectivity index is 1.59. The Morgan fingerprint density at radius 3 is 2.08 bits per heavy atom. The lowest BCUT2D eigenvalue weighted by molar-refractivity contribution is 0.526. The topological polar surface area (TPSA) is 50.3 Å². The maximum absolute atomic E-state index is 14.1. The number of anilines is 1. The van der Waals surface area contributed by atoms with Gasteiger partial charge in [0.2, 0.25) is 0 Å². The van der Waals surface area contributed by atoms with Crippen molar-refractivity contribution in [2.24, 2.45) is 0 Å². The molecule has 2 aromatic carbocycles. The fraction of sp³-hybridized carbons (Fsp3) is 0.483. The summed E-state index contributed by atoms with van der Waals surface area (Å²) in [7, 11) is -3.45. The van der Waals surface area contributed by atoms with E-state index < -0.39 is 9.84 Å². The van der Waals surface area contributed by atoms with E-state index >= 15 is 0 Å². The van der Waals surface area contributed by atoms with Gasteiger partial charge in [0.05, 0.1) is 15.8 Å². The molecule has 4 nitrogen and oxygen atoms in total. The second kappa shape index (κ2) is 11.0. The van der Waals surface area contributed by atoms with Gasteiger partial charge in [0.25, 0.3) is 0 Å². The van der Waals surface area contributed by atoms with Gasteiger partial charge in [-0.3, -0.25) is 0 Å². The SMILES string of the molecule is CC(C)c1cc(C(C)C)c(S(=O)(=O)C2CCN(c3nc(-c4cccc(Br)c4)cs3)CC2)c(C(C)C)c1. The van der Waals surface area contributed by atoms with Crippen molar-refractivity contribution in [2.75, 3.05) is 18.0 Å². The minimum atomic E-state index is -3.45. The van der Waals surface area contributed by atoms with Gasteiger partial charge in [-0.25, -0.2) is 13.4 Å². The van der Waals surface area contributed by atoms with E-state index in [9.17, 15) is 8.42 Å². The first kappa shape index (κ1) is 27.3. The summed E-state index contributed by atoms with van der Waals surface area (Å²) in [5, 5.41) is 2.69. The summed E-state index contributed by atoms with van der Waals surface area (Å²) in [5.41, 5.74) is 5.22. The van der Waals surface area contributed by atoms with Gasteiger partial charge in [-0.1, -0.05) is 81.7 Å². The molecule has 1 aliphatic heterocycles. The van der Waals surface area contributed by atoms with Crippen LogP contribution in [0.15, 0.2) is 51.1 Å². The zero-order valence-electron chi connectivity index (χ0n) is 22.1. The summed E-state index contributed by atoms with van der Waals surface area (Å²) < 4.78 is 29.3. The third-order valence-electron chi connectivity index (χ3n) is 7.13. The molecule has 0 atom stereocenters. The first-order valence-corrected chi connectivity index (χ1v) is 16.1. The number of piperidine rings is 1. The van der Waals surface area contributed by atoms with Crippen LogP contribution in [-0.4, -0.2) is 31.7 Å². The van der Waals surface area contributed by atoms with Crippen LogP contribution >= 0.6 is 27.3 Å². The Morgan fingerprint density at radius 1 is 0.944 bits per heavy atom. The van der Waals surface area contributed by atoms with Crippen molar-refractivity contribution in [1.29, 1.82) is 0 Å². The molecule has 0 aliphatic carbocycles. The second-order valence-electron chi connectivity index (χ2n) is 10.7. The monoisotopic (exact) mass is 588 g/mol. The summed E-state index contributed by atoms with van der Waals surface area (Å²) in [6.07, 6.45) is 1.24. The average molecular weight is 590 g/mol. The third kappa shape index (κ3) is 5.58. The molecule has 1 aliphatic rings. The molecule has 0 spiro atoms. The van der Waals surface area contributed by atoms with Crippen molar-refractivity contribution >= 4 is 42.2 Å². The summed E-state index contributed by atoms with van der Waals surface area (Å²) in [5.74, 6) is 0.663. The molecular weight excluding hydrogens is 552 g/mol. The molecule has 36 heavy (non-hydrogen) atoms. The fourth-order valence-electron chi connectivity index (χ4n) is 4.93. The lowest BCUT2D eigenvalue weighted by Crippen LogP contribution is -2.39. The van der Waals surface area contributed by atoms with E-state index in [1.807, 2.05) is 12.1 Å². The van der Waals surface area contributed by atoms with Crippen molar-refractivity contribution in [2.45, 2.75) is 82.3 Å². The standard InChI is InChI=1S/C29H37BrN2O2S2/c1-18(2)22-15-25(19(3)4)28(26(16-22)20(5)6)36(33,34)24-10-12-32(13-11-24)29-31-27(17-35-29)21-8-7-9-23(30)14-21/h7-9,14-20,24H,10-13H2,1-6H3. The van der Waals surface area contributed by atoms with E-state index in [2.05, 4.69) is 92.0 Å². The van der Waals surface area contributed by atoms with E-state index in [1.54, 1.807) is 11.3 Å². The number of thiazole rings is 1. The Kier molecular flexibility index (Phi) is 8.32. The van der Waals surface area contributed by atoms with Gasteiger partial charge < -0.3 is 4.90 Å². The second-order valence-corrected chi connectivity index (χ2v) is 14.7. The lowest BCUT2D eigenvalue weighted by Gasteiger charge is -2.33. The van der Waals surface area contributed by atoms with Crippen molar-refractivity contribution in [3.8, 4) is 11.3 Å². The van der Waals surface area contributed by atoms with Crippen molar-refractivity contribution in [3.05, 3.63) is 62.9 Å². The largest absolute Gasteiger partial charge is 0.348 e. The molecule has 0 bridgehead atoms. The maximum atomic E-state index is 14.1. The zero-order chi connectivity index (χ0) is 26.2. The number of rotatable bonds is 7. The lowest BCUT2D eigenvalue weighted by atomic mass is 9.89. The average Bonchev–Trinajstić information content (AvgIpc) is 3.33. The van der Waals surface area contributed by atoms with Crippen LogP contribution in [0.25, 0.3) is 11.3 Å². The van der Waals surface area contributed by atoms with Gasteiger partial charge in [0, 0.05) is 28.5 Å². The molecule has 194 valence electrons. The normalized spacial score (nSPS) is 15.4. The van der Waals surface area contributed by atoms with Gasteiger partial charge in [0.15, 0.2) is 15.0 Å². The van der Waals surface area contributed by atoms with Crippen LogP contribution in [0.2, 0.25) is 0 Å². The molecule has 1 saturated heterocycles. The first-order chi connectivity index (χ1) is 17.0. The van der Waals surface area contributed by atoms with Crippen LogP contribution in [0.5, 0.6) is 0 Å². The van der Waals surface area contributed by atoms with Gasteiger partial charge in [-0.2, -0.15) is 0 Å². The Morgan fingerprint density at radius 2 is 1.56 bits per heavy atom. The quantitative estimate of drug-likeness (QED) is 0.278. The van der Waals surface area contributed by atoms with Crippen molar-refractivity contribution < 1.29 is 8.42 Å². The molecule has 3 aromatic rings. The fourth-order valence-corrected chi connectivity index (χ4v) is 8.63. The molecule has 7 heteroatoms. The molecule has 0 unspecified atom stereocenters. The van der Waals surface area contributed by atoms with Crippen molar-refractivity contribution in [1.82, 2.24) is 4.98 Å². The van der Waals surface area contributed by atoms with Gasteiger partial charge >= 0.3 is 0 Å². The van der Waals surface area contributed by atoms with Crippen LogP contribution in [0.1, 0.15) is 88.8 Å².